The van der Waals surface area contributed by atoms with E-state index >= 15 is 0 Å². The van der Waals surface area contributed by atoms with Gasteiger partial charge in [0.15, 0.2) is 5.76 Å². The summed E-state index contributed by atoms with van der Waals surface area (Å²) in [7, 11) is 0. The number of hydrogen-bond acceptors (Lipinski definition) is 3. The van der Waals surface area contributed by atoms with Crippen LogP contribution in [0, 0.1) is 12.8 Å². The Hall–Kier alpha value is -1.78. The fourth-order valence-corrected chi connectivity index (χ4v) is 2.49. The van der Waals surface area contributed by atoms with Gasteiger partial charge in [0.2, 0.25) is 0 Å². The van der Waals surface area contributed by atoms with E-state index < -0.39 is 5.97 Å². The molecule has 1 amide bonds. The molecule has 1 aliphatic rings. The van der Waals surface area contributed by atoms with Gasteiger partial charge in [0.25, 0.3) is 5.91 Å². The third-order valence-electron chi connectivity index (χ3n) is 3.72. The Morgan fingerprint density at radius 2 is 2.11 bits per heavy atom. The smallest absolute Gasteiger partial charge is 0.303 e. The summed E-state index contributed by atoms with van der Waals surface area (Å²) >= 11 is 0. The van der Waals surface area contributed by atoms with E-state index in [1.165, 1.54) is 6.26 Å². The number of carbonyl (C=O) groups excluding carboxylic acids is 1. The maximum absolute atomic E-state index is 12.2. The number of rotatable bonds is 4. The van der Waals surface area contributed by atoms with Crippen molar-refractivity contribution in [3.8, 4) is 0 Å². The van der Waals surface area contributed by atoms with Crippen LogP contribution >= 0.6 is 0 Å². The molecule has 0 radical (unpaired) electrons. The first kappa shape index (κ1) is 13.6. The van der Waals surface area contributed by atoms with Crippen LogP contribution < -0.4 is 0 Å². The Kier molecular flexibility index (Phi) is 4.24. The third kappa shape index (κ3) is 3.36. The van der Waals surface area contributed by atoms with E-state index in [1.807, 2.05) is 6.92 Å². The highest BCUT2D eigenvalue weighted by Gasteiger charge is 2.26. The van der Waals surface area contributed by atoms with Gasteiger partial charge in [0.05, 0.1) is 6.26 Å². The first-order valence-corrected chi connectivity index (χ1v) is 6.63. The molecule has 1 aromatic heterocycles. The molecule has 0 saturated carbocycles. The maximum atomic E-state index is 12.2. The highest BCUT2D eigenvalue weighted by atomic mass is 16.4. The van der Waals surface area contributed by atoms with Gasteiger partial charge in [0.1, 0.15) is 0 Å². The molecular formula is C14H19NO4. The van der Waals surface area contributed by atoms with Crippen molar-refractivity contribution in [2.45, 2.75) is 32.6 Å². The fourth-order valence-electron chi connectivity index (χ4n) is 2.49. The van der Waals surface area contributed by atoms with Crippen LogP contribution in [0.3, 0.4) is 0 Å². The molecule has 2 rings (SSSR count). The lowest BCUT2D eigenvalue weighted by Gasteiger charge is -2.31. The number of hydrogen-bond donors (Lipinski definition) is 1. The van der Waals surface area contributed by atoms with Crippen molar-refractivity contribution in [3.05, 3.63) is 23.7 Å². The topological polar surface area (TPSA) is 70.8 Å². The van der Waals surface area contributed by atoms with E-state index in [4.69, 9.17) is 9.52 Å². The number of likely N-dealkylation sites (tertiary alicyclic amines) is 1. The highest BCUT2D eigenvalue weighted by Crippen LogP contribution is 2.23. The number of aryl methyl sites for hydroxylation is 1. The number of furan rings is 1. The van der Waals surface area contributed by atoms with Crippen molar-refractivity contribution in [3.63, 3.8) is 0 Å². The van der Waals surface area contributed by atoms with Gasteiger partial charge in [0, 0.05) is 25.1 Å². The summed E-state index contributed by atoms with van der Waals surface area (Å²) in [6.07, 6.45) is 4.20. The van der Waals surface area contributed by atoms with E-state index in [-0.39, 0.29) is 12.3 Å². The second-order valence-electron chi connectivity index (χ2n) is 5.10. The maximum Gasteiger partial charge on any atom is 0.303 e. The zero-order chi connectivity index (χ0) is 13.8. The van der Waals surface area contributed by atoms with Crippen LogP contribution in [-0.2, 0) is 4.79 Å². The third-order valence-corrected chi connectivity index (χ3v) is 3.72. The number of piperidine rings is 1. The molecule has 1 aromatic rings. The van der Waals surface area contributed by atoms with E-state index in [0.29, 0.717) is 31.2 Å². The normalized spacial score (nSPS) is 16.6. The summed E-state index contributed by atoms with van der Waals surface area (Å²) in [6.45, 7) is 3.23. The summed E-state index contributed by atoms with van der Waals surface area (Å²) in [6, 6.07) is 1.78. The molecule has 0 bridgehead atoms. The highest BCUT2D eigenvalue weighted by molar-refractivity contribution is 5.92. The lowest BCUT2D eigenvalue weighted by molar-refractivity contribution is -0.137. The van der Waals surface area contributed by atoms with Crippen molar-refractivity contribution < 1.29 is 19.1 Å². The van der Waals surface area contributed by atoms with Crippen LogP contribution in [0.25, 0.3) is 0 Å². The fraction of sp³-hybridized carbons (Fsp3) is 0.571. The summed E-state index contributed by atoms with van der Waals surface area (Å²) in [5.74, 6) is 0.0331. The van der Waals surface area contributed by atoms with E-state index in [9.17, 15) is 9.59 Å². The standard InChI is InChI=1S/C14H19NO4/c1-10-6-9-19-13(10)14(18)15-7-4-11(5-8-15)2-3-12(16)17/h6,9,11H,2-5,7-8H2,1H3,(H,16,17). The lowest BCUT2D eigenvalue weighted by atomic mass is 9.92. The van der Waals surface area contributed by atoms with Crippen LogP contribution in [0.15, 0.2) is 16.7 Å². The van der Waals surface area contributed by atoms with Crippen LogP contribution in [0.4, 0.5) is 0 Å². The van der Waals surface area contributed by atoms with Crippen molar-refractivity contribution in [2.75, 3.05) is 13.1 Å². The van der Waals surface area contributed by atoms with Gasteiger partial charge in [-0.25, -0.2) is 0 Å². The van der Waals surface area contributed by atoms with Gasteiger partial charge < -0.3 is 14.4 Å². The number of nitrogens with zero attached hydrogens (tertiary/aromatic N) is 1. The molecule has 1 aliphatic heterocycles. The van der Waals surface area contributed by atoms with Crippen LogP contribution in [0.5, 0.6) is 0 Å². The number of carboxylic acids is 1. The molecule has 1 fully saturated rings. The summed E-state index contributed by atoms with van der Waals surface area (Å²) < 4.78 is 5.22. The lowest BCUT2D eigenvalue weighted by Crippen LogP contribution is -2.38. The van der Waals surface area contributed by atoms with Crippen LogP contribution in [0.1, 0.15) is 41.8 Å². The molecule has 0 atom stereocenters. The number of aliphatic carboxylic acids is 1. The summed E-state index contributed by atoms with van der Waals surface area (Å²) in [4.78, 5) is 24.5. The second kappa shape index (κ2) is 5.91. The number of carboxylic acid groups (broad SMARTS) is 1. The Bertz CT molecular complexity index is 458. The minimum atomic E-state index is -0.746. The quantitative estimate of drug-likeness (QED) is 0.906. The first-order valence-electron chi connectivity index (χ1n) is 6.63. The van der Waals surface area contributed by atoms with Crippen molar-refractivity contribution >= 4 is 11.9 Å². The number of carbonyl (C=O) groups is 2. The molecule has 19 heavy (non-hydrogen) atoms. The first-order chi connectivity index (χ1) is 9.08. The van der Waals surface area contributed by atoms with Crippen molar-refractivity contribution in [1.29, 1.82) is 0 Å². The van der Waals surface area contributed by atoms with Gasteiger partial charge in [-0.1, -0.05) is 0 Å². The summed E-state index contributed by atoms with van der Waals surface area (Å²) in [5.41, 5.74) is 0.859. The van der Waals surface area contributed by atoms with Crippen LogP contribution in [0.2, 0.25) is 0 Å². The average Bonchev–Trinajstić information content (AvgIpc) is 2.82. The van der Waals surface area contributed by atoms with Gasteiger partial charge in [-0.05, 0) is 38.2 Å². The molecule has 0 unspecified atom stereocenters. The average molecular weight is 265 g/mol. The Labute approximate surface area is 112 Å². The Balaban J connectivity index is 1.85. The molecule has 2 heterocycles. The van der Waals surface area contributed by atoms with E-state index in [0.717, 1.165) is 18.4 Å². The van der Waals surface area contributed by atoms with Crippen LogP contribution in [-0.4, -0.2) is 35.0 Å². The molecular weight excluding hydrogens is 246 g/mol. The van der Waals surface area contributed by atoms with E-state index in [2.05, 4.69) is 0 Å². The minimum Gasteiger partial charge on any atom is -0.481 e. The molecule has 0 spiro atoms. The van der Waals surface area contributed by atoms with Gasteiger partial charge in [-0.15, -0.1) is 0 Å². The van der Waals surface area contributed by atoms with Gasteiger partial charge in [-0.3, -0.25) is 9.59 Å². The predicted molar refractivity (Wildman–Crippen MR) is 68.9 cm³/mol. The SMILES string of the molecule is Cc1ccoc1C(=O)N1CCC(CCC(=O)O)CC1. The Morgan fingerprint density at radius 3 is 2.63 bits per heavy atom. The molecule has 104 valence electrons. The zero-order valence-corrected chi connectivity index (χ0v) is 11.1. The van der Waals surface area contributed by atoms with Gasteiger partial charge >= 0.3 is 5.97 Å². The Morgan fingerprint density at radius 1 is 1.42 bits per heavy atom. The predicted octanol–water partition coefficient (Wildman–Crippen LogP) is 2.31. The van der Waals surface area contributed by atoms with Gasteiger partial charge in [-0.2, -0.15) is 0 Å². The molecule has 5 nitrogen and oxygen atoms in total. The molecule has 1 saturated heterocycles. The minimum absolute atomic E-state index is 0.0563. The van der Waals surface area contributed by atoms with Crippen molar-refractivity contribution in [1.82, 2.24) is 4.90 Å². The second-order valence-corrected chi connectivity index (χ2v) is 5.10. The number of amides is 1. The molecule has 1 N–H and O–H groups in total. The van der Waals surface area contributed by atoms with Crippen molar-refractivity contribution in [2.24, 2.45) is 5.92 Å². The molecule has 0 aromatic carbocycles. The monoisotopic (exact) mass is 265 g/mol. The largest absolute Gasteiger partial charge is 0.481 e. The summed E-state index contributed by atoms with van der Waals surface area (Å²) in [5, 5.41) is 8.66. The van der Waals surface area contributed by atoms with E-state index in [1.54, 1.807) is 11.0 Å². The molecule has 5 heteroatoms. The molecule has 0 aliphatic carbocycles. The zero-order valence-electron chi connectivity index (χ0n) is 11.1.